The average molecular weight is 418 g/mol. The van der Waals surface area contributed by atoms with E-state index in [9.17, 15) is 4.79 Å². The highest BCUT2D eigenvalue weighted by Crippen LogP contribution is 2.20. The summed E-state index contributed by atoms with van der Waals surface area (Å²) in [5.41, 5.74) is 8.24. The lowest BCUT2D eigenvalue weighted by Crippen LogP contribution is -2.19. The Labute approximate surface area is 186 Å². The summed E-state index contributed by atoms with van der Waals surface area (Å²) in [6.45, 7) is 4.15. The number of rotatable bonds is 4. The van der Waals surface area contributed by atoms with Gasteiger partial charge in [-0.2, -0.15) is 0 Å². The third kappa shape index (κ3) is 3.79. The Hall–Kier alpha value is -4.18. The van der Waals surface area contributed by atoms with Crippen LogP contribution in [0.1, 0.15) is 27.9 Å². The van der Waals surface area contributed by atoms with E-state index in [1.165, 1.54) is 17.2 Å². The van der Waals surface area contributed by atoms with Crippen LogP contribution in [0.4, 0.5) is 0 Å². The molecule has 4 heteroatoms. The molecule has 4 aromatic rings. The number of carbonyl (C=O) groups is 1. The van der Waals surface area contributed by atoms with Gasteiger partial charge in [-0.3, -0.25) is 4.79 Å². The molecule has 1 amide bonds. The molecule has 1 aliphatic heterocycles. The second kappa shape index (κ2) is 8.16. The number of hydrogen-bond donors (Lipinski definition) is 2. The molecular formula is C28H23N3O. The van der Waals surface area contributed by atoms with Crippen LogP contribution in [0.3, 0.4) is 0 Å². The van der Waals surface area contributed by atoms with E-state index in [1.54, 1.807) is 6.08 Å². The van der Waals surface area contributed by atoms with Gasteiger partial charge >= 0.3 is 0 Å². The molecule has 0 aliphatic carbocycles. The van der Waals surface area contributed by atoms with E-state index in [2.05, 4.69) is 95.5 Å². The molecule has 0 saturated heterocycles. The van der Waals surface area contributed by atoms with Crippen LogP contribution in [0.5, 0.6) is 0 Å². The minimum Gasteiger partial charge on any atom is -0.361 e. The highest BCUT2D eigenvalue weighted by atomic mass is 16.1. The van der Waals surface area contributed by atoms with E-state index in [-0.39, 0.29) is 5.91 Å². The zero-order valence-electron chi connectivity index (χ0n) is 18.0. The Kier molecular flexibility index (Phi) is 5.04. The highest BCUT2D eigenvalue weighted by molar-refractivity contribution is 6.34. The maximum atomic E-state index is 11.8. The number of aliphatic imine (C=N–C) groups is 1. The molecule has 2 aromatic carbocycles. The lowest BCUT2D eigenvalue weighted by atomic mass is 10.00. The number of carbonyl (C=O) groups excluding carboxylic acids is 1. The molecule has 2 aromatic heterocycles. The maximum Gasteiger partial charge on any atom is 0.270 e. The van der Waals surface area contributed by atoms with Gasteiger partial charge < -0.3 is 9.97 Å². The van der Waals surface area contributed by atoms with E-state index in [1.807, 2.05) is 12.3 Å². The van der Waals surface area contributed by atoms with Gasteiger partial charge in [0, 0.05) is 39.8 Å². The number of aromatic nitrogens is 2. The first-order valence-corrected chi connectivity index (χ1v) is 10.6. The van der Waals surface area contributed by atoms with Crippen LogP contribution in [0.2, 0.25) is 0 Å². The largest absolute Gasteiger partial charge is 0.361 e. The second-order valence-electron chi connectivity index (χ2n) is 8.02. The van der Waals surface area contributed by atoms with Crippen molar-refractivity contribution < 1.29 is 4.79 Å². The average Bonchev–Trinajstić information content (AvgIpc) is 3.55. The molecule has 0 bridgehead atoms. The summed E-state index contributed by atoms with van der Waals surface area (Å²) in [5, 5.41) is 1.91. The lowest BCUT2D eigenvalue weighted by molar-refractivity contribution is -0.113. The van der Waals surface area contributed by atoms with Crippen LogP contribution in [0.25, 0.3) is 11.1 Å². The number of benzene rings is 2. The van der Waals surface area contributed by atoms with E-state index in [0.717, 1.165) is 38.7 Å². The van der Waals surface area contributed by atoms with Gasteiger partial charge in [0.1, 0.15) is 0 Å². The van der Waals surface area contributed by atoms with E-state index in [4.69, 9.17) is 0 Å². The SMILES string of the molecule is Cc1ccc(/C(C2=NC(=O)C=C2)=c2\cc/c(=C(\c3ccc(C)cc3)c3ccc[nH]3)[nH]2)cc1. The zero-order valence-corrected chi connectivity index (χ0v) is 18.0. The van der Waals surface area contributed by atoms with Crippen molar-refractivity contribution in [1.29, 1.82) is 0 Å². The number of nitrogens with zero attached hydrogens (tertiary/aromatic N) is 1. The molecule has 156 valence electrons. The van der Waals surface area contributed by atoms with Gasteiger partial charge in [0.25, 0.3) is 5.91 Å². The van der Waals surface area contributed by atoms with Crippen molar-refractivity contribution in [3.63, 3.8) is 0 Å². The Balaban J connectivity index is 1.80. The van der Waals surface area contributed by atoms with Gasteiger partial charge in [0.15, 0.2) is 0 Å². The Morgan fingerprint density at radius 3 is 1.84 bits per heavy atom. The number of aryl methyl sites for hydroxylation is 2. The summed E-state index contributed by atoms with van der Waals surface area (Å²) >= 11 is 0. The van der Waals surface area contributed by atoms with Crippen molar-refractivity contribution in [3.8, 4) is 0 Å². The van der Waals surface area contributed by atoms with Crippen LogP contribution in [0, 0.1) is 13.8 Å². The van der Waals surface area contributed by atoms with Crippen LogP contribution in [-0.2, 0) is 4.79 Å². The summed E-state index contributed by atoms with van der Waals surface area (Å²) in [5.74, 6) is -0.227. The first kappa shape index (κ1) is 19.8. The zero-order chi connectivity index (χ0) is 22.1. The predicted octanol–water partition coefficient (Wildman–Crippen LogP) is 3.94. The molecule has 32 heavy (non-hydrogen) atoms. The maximum absolute atomic E-state index is 11.8. The fourth-order valence-corrected chi connectivity index (χ4v) is 3.99. The number of H-pyrrole nitrogens is 2. The molecule has 0 spiro atoms. The monoisotopic (exact) mass is 417 g/mol. The van der Waals surface area contributed by atoms with Crippen molar-refractivity contribution in [2.75, 3.05) is 0 Å². The Bertz CT molecular complexity index is 1460. The molecule has 2 N–H and O–H groups in total. The van der Waals surface area contributed by atoms with Gasteiger partial charge in [0.05, 0.1) is 5.71 Å². The number of aromatic amines is 2. The van der Waals surface area contributed by atoms with Crippen molar-refractivity contribution in [3.05, 3.63) is 130 Å². The van der Waals surface area contributed by atoms with E-state index < -0.39 is 0 Å². The first-order valence-electron chi connectivity index (χ1n) is 10.6. The van der Waals surface area contributed by atoms with Gasteiger partial charge in [-0.1, -0.05) is 59.7 Å². The molecule has 0 fully saturated rings. The molecule has 0 saturated carbocycles. The van der Waals surface area contributed by atoms with Crippen molar-refractivity contribution in [1.82, 2.24) is 9.97 Å². The minimum absolute atomic E-state index is 0.227. The molecule has 4 nitrogen and oxygen atoms in total. The number of amides is 1. The first-order chi connectivity index (χ1) is 15.6. The van der Waals surface area contributed by atoms with Crippen LogP contribution in [-0.4, -0.2) is 21.6 Å². The van der Waals surface area contributed by atoms with Crippen LogP contribution >= 0.6 is 0 Å². The third-order valence-corrected chi connectivity index (χ3v) is 5.64. The quantitative estimate of drug-likeness (QED) is 0.519. The minimum atomic E-state index is -0.227. The summed E-state index contributed by atoms with van der Waals surface area (Å²) in [6.07, 6.45) is 5.23. The van der Waals surface area contributed by atoms with Crippen molar-refractivity contribution in [2.45, 2.75) is 13.8 Å². The molecular weight excluding hydrogens is 394 g/mol. The molecule has 3 heterocycles. The number of allylic oxidation sites excluding steroid dienone is 1. The normalized spacial score (nSPS) is 15.1. The molecule has 0 atom stereocenters. The van der Waals surface area contributed by atoms with Gasteiger partial charge in [-0.05, 0) is 55.3 Å². The summed E-state index contributed by atoms with van der Waals surface area (Å²) in [7, 11) is 0. The second-order valence-corrected chi connectivity index (χ2v) is 8.02. The topological polar surface area (TPSA) is 61.0 Å². The van der Waals surface area contributed by atoms with Gasteiger partial charge in [-0.25, -0.2) is 4.99 Å². The van der Waals surface area contributed by atoms with Crippen molar-refractivity contribution in [2.24, 2.45) is 4.99 Å². The van der Waals surface area contributed by atoms with Crippen LogP contribution in [0.15, 0.2) is 96.1 Å². The standard InChI is InChI=1S/C28H23N3O/c1-18-5-9-20(10-6-18)27(22-4-3-17-29-22)23-13-14-24(30-23)28(25-15-16-26(32)31-25)21-11-7-19(2)8-12-21/h3-17,29-30H,1-2H3/b27-23-,28-24-. The molecule has 1 aliphatic rings. The fourth-order valence-electron chi connectivity index (χ4n) is 3.99. The van der Waals surface area contributed by atoms with E-state index >= 15 is 0 Å². The summed E-state index contributed by atoms with van der Waals surface area (Å²) < 4.78 is 0. The molecule has 0 unspecified atom stereocenters. The summed E-state index contributed by atoms with van der Waals surface area (Å²) in [4.78, 5) is 23.0. The van der Waals surface area contributed by atoms with Crippen LogP contribution < -0.4 is 10.7 Å². The van der Waals surface area contributed by atoms with Gasteiger partial charge in [0.2, 0.25) is 0 Å². The Morgan fingerprint density at radius 1 is 0.719 bits per heavy atom. The Morgan fingerprint density at radius 2 is 1.31 bits per heavy atom. The molecule has 5 rings (SSSR count). The number of nitrogens with one attached hydrogen (secondary N) is 2. The fraction of sp³-hybridized carbons (Fsp3) is 0.0714. The third-order valence-electron chi connectivity index (χ3n) is 5.64. The van der Waals surface area contributed by atoms with Crippen molar-refractivity contribution >= 4 is 22.8 Å². The smallest absolute Gasteiger partial charge is 0.270 e. The van der Waals surface area contributed by atoms with E-state index in [0.29, 0.717) is 5.71 Å². The lowest BCUT2D eigenvalue weighted by Gasteiger charge is -2.07. The predicted molar refractivity (Wildman–Crippen MR) is 129 cm³/mol. The summed E-state index contributed by atoms with van der Waals surface area (Å²) in [6, 6.07) is 25.0. The molecule has 0 radical (unpaired) electrons. The van der Waals surface area contributed by atoms with Gasteiger partial charge in [-0.15, -0.1) is 0 Å². The number of hydrogen-bond acceptors (Lipinski definition) is 1. The highest BCUT2D eigenvalue weighted by Gasteiger charge is 2.16.